The number of nitrogens with zero attached hydrogens (tertiary/aromatic N) is 1. The van der Waals surface area contributed by atoms with Crippen molar-refractivity contribution in [1.29, 1.82) is 0 Å². The van der Waals surface area contributed by atoms with Crippen molar-refractivity contribution in [2.45, 2.75) is 56.8 Å². The van der Waals surface area contributed by atoms with Gasteiger partial charge in [0.25, 0.3) is 0 Å². The highest BCUT2D eigenvalue weighted by Gasteiger charge is 2.28. The summed E-state index contributed by atoms with van der Waals surface area (Å²) in [6, 6.07) is 5.62. The second-order valence-corrected chi connectivity index (χ2v) is 9.37. The molecule has 0 bridgehead atoms. The molecule has 0 amide bonds. The summed E-state index contributed by atoms with van der Waals surface area (Å²) >= 11 is 0. The average Bonchev–Trinajstić information content (AvgIpc) is 2.75. The third-order valence-corrected chi connectivity index (χ3v) is 7.59. The van der Waals surface area contributed by atoms with E-state index in [9.17, 15) is 8.42 Å². The van der Waals surface area contributed by atoms with Gasteiger partial charge in [-0.1, -0.05) is 13.3 Å². The van der Waals surface area contributed by atoms with Gasteiger partial charge >= 0.3 is 0 Å². The number of hydrogen-bond acceptors (Lipinski definition) is 2. The number of piperidine rings is 1. The molecule has 0 unspecified atom stereocenters. The molecule has 1 aliphatic heterocycles. The van der Waals surface area contributed by atoms with E-state index >= 15 is 0 Å². The molecule has 0 spiro atoms. The predicted molar refractivity (Wildman–Crippen MR) is 96.7 cm³/mol. The van der Waals surface area contributed by atoms with Gasteiger partial charge in [0.2, 0.25) is 10.0 Å². The maximum atomic E-state index is 13.0. The topological polar surface area (TPSA) is 53.2 Å². The minimum atomic E-state index is -3.37. The van der Waals surface area contributed by atoms with E-state index in [0.717, 1.165) is 36.6 Å². The zero-order valence-corrected chi connectivity index (χ0v) is 15.2. The first-order valence-corrected chi connectivity index (χ1v) is 10.6. The summed E-state index contributed by atoms with van der Waals surface area (Å²) in [6.07, 6.45) is 7.73. The summed E-state index contributed by atoms with van der Waals surface area (Å²) in [6.45, 7) is 3.49. The Morgan fingerprint density at radius 3 is 2.62 bits per heavy atom. The van der Waals surface area contributed by atoms with E-state index in [-0.39, 0.29) is 0 Å². The minimum Gasteiger partial charge on any atom is -0.358 e. The highest BCUT2D eigenvalue weighted by atomic mass is 32.2. The van der Waals surface area contributed by atoms with Gasteiger partial charge in [0, 0.05) is 29.7 Å². The lowest BCUT2D eigenvalue weighted by molar-refractivity contribution is 0.288. The van der Waals surface area contributed by atoms with E-state index in [1.807, 2.05) is 12.1 Å². The van der Waals surface area contributed by atoms with Crippen LogP contribution in [-0.2, 0) is 22.9 Å². The van der Waals surface area contributed by atoms with E-state index in [2.05, 4.69) is 11.9 Å². The first-order valence-electron chi connectivity index (χ1n) is 9.19. The number of aromatic amines is 1. The Morgan fingerprint density at radius 1 is 1.08 bits per heavy atom. The van der Waals surface area contributed by atoms with Crippen LogP contribution < -0.4 is 0 Å². The number of aromatic nitrogens is 1. The van der Waals surface area contributed by atoms with Crippen LogP contribution in [-0.4, -0.2) is 30.8 Å². The molecule has 1 N–H and O–H groups in total. The van der Waals surface area contributed by atoms with E-state index in [4.69, 9.17) is 0 Å². The molecule has 2 aromatic rings. The third-order valence-electron chi connectivity index (χ3n) is 5.70. The Kier molecular flexibility index (Phi) is 4.17. The maximum absolute atomic E-state index is 13.0. The zero-order valence-electron chi connectivity index (χ0n) is 14.3. The van der Waals surface area contributed by atoms with Gasteiger partial charge in [-0.3, -0.25) is 0 Å². The van der Waals surface area contributed by atoms with Crippen LogP contribution in [0.2, 0.25) is 0 Å². The predicted octanol–water partition coefficient (Wildman–Crippen LogP) is 3.86. The van der Waals surface area contributed by atoms with E-state index in [0.29, 0.717) is 23.9 Å². The van der Waals surface area contributed by atoms with Gasteiger partial charge in [-0.25, -0.2) is 8.42 Å². The second-order valence-electron chi connectivity index (χ2n) is 7.44. The minimum absolute atomic E-state index is 0.454. The molecule has 2 heterocycles. The summed E-state index contributed by atoms with van der Waals surface area (Å²) in [7, 11) is -3.37. The molecule has 4 rings (SSSR count). The average molecular weight is 346 g/mol. The van der Waals surface area contributed by atoms with Crippen LogP contribution in [0, 0.1) is 5.92 Å². The number of hydrogen-bond donors (Lipinski definition) is 1. The maximum Gasteiger partial charge on any atom is 0.243 e. The van der Waals surface area contributed by atoms with Crippen LogP contribution in [0.3, 0.4) is 0 Å². The SMILES string of the molecule is CC1CCN(S(=O)(=O)c2ccc3[nH]c4c(c3c2)CCCCC4)CC1. The second kappa shape index (κ2) is 6.19. The van der Waals surface area contributed by atoms with Crippen molar-refractivity contribution in [3.63, 3.8) is 0 Å². The van der Waals surface area contributed by atoms with Gasteiger partial charge in [0.1, 0.15) is 0 Å². The fraction of sp³-hybridized carbons (Fsp3) is 0.579. The number of fused-ring (bicyclic) bond motifs is 3. The van der Waals surface area contributed by atoms with Crippen molar-refractivity contribution in [2.24, 2.45) is 5.92 Å². The number of nitrogens with one attached hydrogen (secondary N) is 1. The monoisotopic (exact) mass is 346 g/mol. The first kappa shape index (κ1) is 16.2. The third kappa shape index (κ3) is 2.78. The molecule has 0 radical (unpaired) electrons. The molecule has 1 aliphatic carbocycles. The fourth-order valence-corrected chi connectivity index (χ4v) is 5.59. The van der Waals surface area contributed by atoms with E-state index < -0.39 is 10.0 Å². The van der Waals surface area contributed by atoms with Crippen LogP contribution in [0.25, 0.3) is 10.9 Å². The molecular weight excluding hydrogens is 320 g/mol. The Balaban J connectivity index is 1.73. The summed E-state index contributed by atoms with van der Waals surface area (Å²) in [5.74, 6) is 0.624. The standard InChI is InChI=1S/C19H26N2O2S/c1-14-9-11-21(12-10-14)24(22,23)15-7-8-19-17(13-15)16-5-3-2-4-6-18(16)20-19/h7-8,13-14,20H,2-6,9-12H2,1H3. The lowest BCUT2D eigenvalue weighted by atomic mass is 10.0. The van der Waals surface area contributed by atoms with Gasteiger partial charge in [0.15, 0.2) is 0 Å². The number of sulfonamides is 1. The molecule has 1 aromatic carbocycles. The lowest BCUT2D eigenvalue weighted by Gasteiger charge is -2.29. The molecule has 1 saturated heterocycles. The Labute approximate surface area is 144 Å². The molecule has 130 valence electrons. The van der Waals surface area contributed by atoms with Gasteiger partial charge in [-0.05, 0) is 68.2 Å². The van der Waals surface area contributed by atoms with Crippen LogP contribution in [0.1, 0.15) is 50.3 Å². The summed E-state index contributed by atoms with van der Waals surface area (Å²) in [5.41, 5.74) is 3.73. The Bertz CT molecular complexity index is 846. The molecule has 24 heavy (non-hydrogen) atoms. The Hall–Kier alpha value is -1.33. The molecule has 2 aliphatic rings. The largest absolute Gasteiger partial charge is 0.358 e. The number of rotatable bonds is 2. The van der Waals surface area contributed by atoms with E-state index in [1.54, 1.807) is 10.4 Å². The zero-order chi connectivity index (χ0) is 16.7. The van der Waals surface area contributed by atoms with Crippen LogP contribution >= 0.6 is 0 Å². The smallest absolute Gasteiger partial charge is 0.243 e. The van der Waals surface area contributed by atoms with Crippen molar-refractivity contribution in [3.05, 3.63) is 29.5 Å². The van der Waals surface area contributed by atoms with Crippen LogP contribution in [0.15, 0.2) is 23.1 Å². The van der Waals surface area contributed by atoms with Crippen molar-refractivity contribution in [3.8, 4) is 0 Å². The van der Waals surface area contributed by atoms with E-state index in [1.165, 1.54) is 30.5 Å². The molecule has 0 atom stereocenters. The first-order chi connectivity index (χ1) is 11.6. The lowest BCUT2D eigenvalue weighted by Crippen LogP contribution is -2.37. The van der Waals surface area contributed by atoms with Crippen molar-refractivity contribution in [2.75, 3.05) is 13.1 Å². The van der Waals surface area contributed by atoms with Crippen LogP contribution in [0.5, 0.6) is 0 Å². The normalized spacial score (nSPS) is 20.9. The molecule has 5 heteroatoms. The summed E-state index contributed by atoms with van der Waals surface area (Å²) in [5, 5.41) is 1.11. The quantitative estimate of drug-likeness (QED) is 0.840. The number of benzene rings is 1. The fourth-order valence-electron chi connectivity index (χ4n) is 4.10. The Morgan fingerprint density at radius 2 is 1.83 bits per heavy atom. The summed E-state index contributed by atoms with van der Waals surface area (Å²) in [4.78, 5) is 3.97. The van der Waals surface area contributed by atoms with Gasteiger partial charge in [-0.15, -0.1) is 0 Å². The van der Waals surface area contributed by atoms with Crippen molar-refractivity contribution in [1.82, 2.24) is 9.29 Å². The van der Waals surface area contributed by atoms with Gasteiger partial charge < -0.3 is 4.98 Å². The molecule has 0 saturated carbocycles. The van der Waals surface area contributed by atoms with Gasteiger partial charge in [-0.2, -0.15) is 4.31 Å². The molecule has 4 nitrogen and oxygen atoms in total. The summed E-state index contributed by atoms with van der Waals surface area (Å²) < 4.78 is 27.7. The van der Waals surface area contributed by atoms with Crippen molar-refractivity contribution < 1.29 is 8.42 Å². The van der Waals surface area contributed by atoms with Gasteiger partial charge in [0.05, 0.1) is 4.90 Å². The molecule has 1 aromatic heterocycles. The van der Waals surface area contributed by atoms with Crippen LogP contribution in [0.4, 0.5) is 0 Å². The highest BCUT2D eigenvalue weighted by Crippen LogP contribution is 2.31. The number of H-pyrrole nitrogens is 1. The van der Waals surface area contributed by atoms with Crippen molar-refractivity contribution >= 4 is 20.9 Å². The molecule has 1 fully saturated rings. The highest BCUT2D eigenvalue weighted by molar-refractivity contribution is 7.89. The number of aryl methyl sites for hydroxylation is 2. The molecular formula is C19H26N2O2S.